The molecule has 2 aliphatic rings. The van der Waals surface area contributed by atoms with E-state index in [0.29, 0.717) is 24.3 Å². The maximum Gasteiger partial charge on any atom is 0.364 e. The Morgan fingerprint density at radius 2 is 0.744 bits per heavy atom. The quantitative estimate of drug-likeness (QED) is 0.310. The molecule has 0 amide bonds. The minimum Gasteiger partial charge on any atom is -0.226 e. The highest BCUT2D eigenvalue weighted by Crippen LogP contribution is 2.70. The fourth-order valence-corrected chi connectivity index (χ4v) is 7.11. The van der Waals surface area contributed by atoms with Crippen molar-refractivity contribution >= 4 is 9.84 Å². The summed E-state index contributed by atoms with van der Waals surface area (Å²) in [6.45, 7) is 2.35. The summed E-state index contributed by atoms with van der Waals surface area (Å²) in [5.74, 6) is -34.1. The SMILES string of the molecule is Cc1ccc(C2(F)C(F)(F)C(F)(F)C(F)=CC2(F)S(=O)(=O)C2(F)C=C(F)C(F)(F)C(F)(F)C2(F)c2ccc(C)cc2)cc1. The molecular weight excluding hydrogens is 642 g/mol. The maximum atomic E-state index is 16.7. The minimum atomic E-state index is -8.17. The first-order valence-corrected chi connectivity index (χ1v) is 13.2. The second kappa shape index (κ2) is 8.97. The Balaban J connectivity index is 2.22. The second-order valence-corrected chi connectivity index (χ2v) is 12.3. The van der Waals surface area contributed by atoms with E-state index in [1.807, 2.05) is 0 Å². The Kier molecular flexibility index (Phi) is 6.84. The van der Waals surface area contributed by atoms with Gasteiger partial charge < -0.3 is 0 Å². The molecule has 236 valence electrons. The van der Waals surface area contributed by atoms with E-state index in [1.54, 1.807) is 0 Å². The topological polar surface area (TPSA) is 34.1 Å². The third kappa shape index (κ3) is 3.50. The van der Waals surface area contributed by atoms with Crippen LogP contribution in [0.25, 0.3) is 0 Å². The van der Waals surface area contributed by atoms with Gasteiger partial charge in [-0.1, -0.05) is 59.7 Å². The van der Waals surface area contributed by atoms with Gasteiger partial charge in [0.1, 0.15) is 0 Å². The summed E-state index contributed by atoms with van der Waals surface area (Å²) in [7, 11) is -8.17. The molecular formula is C26H16F14O2S. The van der Waals surface area contributed by atoms with Crippen LogP contribution in [0.4, 0.5) is 61.5 Å². The molecule has 2 aromatic rings. The number of halogens is 14. The van der Waals surface area contributed by atoms with E-state index >= 15 is 35.1 Å². The summed E-state index contributed by atoms with van der Waals surface area (Å²) in [5, 5.41) is -12.7. The van der Waals surface area contributed by atoms with Crippen LogP contribution in [0.5, 0.6) is 0 Å². The van der Waals surface area contributed by atoms with Gasteiger partial charge in [0.05, 0.1) is 0 Å². The van der Waals surface area contributed by atoms with Crippen molar-refractivity contribution in [2.75, 3.05) is 0 Å². The van der Waals surface area contributed by atoms with Gasteiger partial charge in [-0.05, 0) is 13.8 Å². The Morgan fingerprint density at radius 3 is 1.00 bits per heavy atom. The zero-order valence-corrected chi connectivity index (χ0v) is 22.1. The van der Waals surface area contributed by atoms with Gasteiger partial charge >= 0.3 is 23.7 Å². The molecule has 2 aromatic carbocycles. The molecule has 2 nitrogen and oxygen atoms in total. The first-order chi connectivity index (χ1) is 19.3. The molecule has 0 aromatic heterocycles. The van der Waals surface area contributed by atoms with E-state index in [-0.39, 0.29) is 35.4 Å². The van der Waals surface area contributed by atoms with E-state index in [9.17, 15) is 34.8 Å². The van der Waals surface area contributed by atoms with Gasteiger partial charge in [-0.3, -0.25) is 0 Å². The fourth-order valence-electron chi connectivity index (χ4n) is 4.93. The molecule has 4 atom stereocenters. The first-order valence-electron chi connectivity index (χ1n) is 11.7. The maximum absolute atomic E-state index is 16.7. The number of alkyl halides is 12. The number of sulfone groups is 1. The number of aryl methyl sites for hydroxylation is 2. The molecule has 17 heteroatoms. The predicted octanol–water partition coefficient (Wildman–Crippen LogP) is 8.35. The van der Waals surface area contributed by atoms with Crippen LogP contribution in [0.2, 0.25) is 0 Å². The highest BCUT2D eigenvalue weighted by molar-refractivity contribution is 7.94. The third-order valence-corrected chi connectivity index (χ3v) is 9.86. The summed E-state index contributed by atoms with van der Waals surface area (Å²) < 4.78 is 241. The average molecular weight is 658 g/mol. The molecule has 43 heavy (non-hydrogen) atoms. The van der Waals surface area contributed by atoms with Crippen LogP contribution in [-0.2, 0) is 21.2 Å². The number of allylic oxidation sites excluding steroid dienone is 2. The molecule has 0 spiro atoms. The van der Waals surface area contributed by atoms with Crippen molar-refractivity contribution < 1.29 is 69.9 Å². The summed E-state index contributed by atoms with van der Waals surface area (Å²) in [5.41, 5.74) is -16.5. The second-order valence-electron chi connectivity index (χ2n) is 10.1. The van der Waals surface area contributed by atoms with Crippen LogP contribution >= 0.6 is 0 Å². The van der Waals surface area contributed by atoms with Gasteiger partial charge in [-0.2, -0.15) is 35.1 Å². The number of hydrogen-bond acceptors (Lipinski definition) is 2. The van der Waals surface area contributed by atoms with Crippen molar-refractivity contribution in [3.8, 4) is 0 Å². The molecule has 0 saturated heterocycles. The molecule has 0 fully saturated rings. The molecule has 0 radical (unpaired) electrons. The summed E-state index contributed by atoms with van der Waals surface area (Å²) in [6, 6.07) is 2.69. The average Bonchev–Trinajstić information content (AvgIpc) is 2.90. The molecule has 0 bridgehead atoms. The molecule has 0 aliphatic heterocycles. The van der Waals surface area contributed by atoms with E-state index in [4.69, 9.17) is 0 Å². The van der Waals surface area contributed by atoms with Crippen LogP contribution in [-0.4, -0.2) is 42.1 Å². The van der Waals surface area contributed by atoms with Crippen LogP contribution < -0.4 is 0 Å². The van der Waals surface area contributed by atoms with Crippen molar-refractivity contribution in [1.82, 2.24) is 0 Å². The Morgan fingerprint density at radius 1 is 0.488 bits per heavy atom. The zero-order valence-electron chi connectivity index (χ0n) is 21.3. The van der Waals surface area contributed by atoms with Gasteiger partial charge in [-0.25, -0.2) is 34.8 Å². The monoisotopic (exact) mass is 658 g/mol. The van der Waals surface area contributed by atoms with Crippen molar-refractivity contribution in [2.24, 2.45) is 0 Å². The lowest BCUT2D eigenvalue weighted by Crippen LogP contribution is -2.75. The van der Waals surface area contributed by atoms with E-state index < -0.39 is 89.8 Å². The molecule has 2 aliphatic carbocycles. The van der Waals surface area contributed by atoms with Crippen LogP contribution in [0, 0.1) is 13.8 Å². The van der Waals surface area contributed by atoms with Gasteiger partial charge in [-0.15, -0.1) is 0 Å². The number of rotatable bonds is 4. The molecule has 0 N–H and O–H groups in total. The lowest BCUT2D eigenvalue weighted by Gasteiger charge is -2.52. The van der Waals surface area contributed by atoms with E-state index in [2.05, 4.69) is 0 Å². The third-order valence-electron chi connectivity index (χ3n) is 7.50. The van der Waals surface area contributed by atoms with Gasteiger partial charge in [0.2, 0.25) is 9.84 Å². The van der Waals surface area contributed by atoms with Gasteiger partial charge in [0, 0.05) is 23.3 Å². The van der Waals surface area contributed by atoms with Gasteiger partial charge in [0.25, 0.3) is 21.3 Å². The van der Waals surface area contributed by atoms with Crippen LogP contribution in [0.15, 0.2) is 72.3 Å². The highest BCUT2D eigenvalue weighted by atomic mass is 32.2. The highest BCUT2D eigenvalue weighted by Gasteiger charge is 2.92. The largest absolute Gasteiger partial charge is 0.364 e. The minimum absolute atomic E-state index is 0.00976. The summed E-state index contributed by atoms with van der Waals surface area (Å²) in [6.07, 6.45) is -3.51. The van der Waals surface area contributed by atoms with Gasteiger partial charge in [0.15, 0.2) is 11.7 Å². The van der Waals surface area contributed by atoms with Crippen molar-refractivity contribution in [3.63, 3.8) is 0 Å². The van der Waals surface area contributed by atoms with Crippen molar-refractivity contribution in [3.05, 3.63) is 94.6 Å². The summed E-state index contributed by atoms with van der Waals surface area (Å²) in [4.78, 5) is 0. The Bertz CT molecular complexity index is 1520. The van der Waals surface area contributed by atoms with Crippen molar-refractivity contribution in [2.45, 2.75) is 58.9 Å². The van der Waals surface area contributed by atoms with E-state index in [1.165, 1.54) is 13.8 Å². The smallest absolute Gasteiger partial charge is 0.226 e. The molecule has 4 unspecified atom stereocenters. The predicted molar refractivity (Wildman–Crippen MR) is 123 cm³/mol. The fraction of sp³-hybridized carbons (Fsp3) is 0.385. The molecule has 0 saturated carbocycles. The molecule has 0 heterocycles. The normalized spacial score (nSPS) is 34.7. The number of benzene rings is 2. The Labute approximate surface area is 233 Å². The number of hydrogen-bond donors (Lipinski definition) is 0. The van der Waals surface area contributed by atoms with Crippen molar-refractivity contribution in [1.29, 1.82) is 0 Å². The van der Waals surface area contributed by atoms with Crippen LogP contribution in [0.3, 0.4) is 0 Å². The standard InChI is InChI=1S/C26H16F14O2S/c1-13-3-7-15(8-4-13)21(31)19(29,11-17(27)23(33,34)25(21,37)38)43(41,42)20(30)12-18(28)24(35,36)26(39,40)22(20,32)16-9-5-14(2)6-10-16/h3-12H,1-2H3. The van der Waals surface area contributed by atoms with E-state index in [0.717, 1.165) is 0 Å². The Hall–Kier alpha value is -3.11. The molecule has 4 rings (SSSR count). The lowest BCUT2D eigenvalue weighted by atomic mass is 9.76. The summed E-state index contributed by atoms with van der Waals surface area (Å²) >= 11 is 0. The van der Waals surface area contributed by atoms with Crippen LogP contribution in [0.1, 0.15) is 22.3 Å². The first kappa shape index (κ1) is 32.8. The lowest BCUT2D eigenvalue weighted by molar-refractivity contribution is -0.296. The zero-order chi connectivity index (χ0) is 33.0.